The lowest BCUT2D eigenvalue weighted by atomic mass is 10.2. The lowest BCUT2D eigenvalue weighted by Crippen LogP contribution is -2.15. The summed E-state index contributed by atoms with van der Waals surface area (Å²) in [4.78, 5) is 16.8. The van der Waals surface area contributed by atoms with Crippen molar-refractivity contribution >= 4 is 48.3 Å². The van der Waals surface area contributed by atoms with Crippen molar-refractivity contribution in [2.24, 2.45) is 0 Å². The molecule has 0 saturated heterocycles. The Bertz CT molecular complexity index is 1310. The van der Waals surface area contributed by atoms with Crippen LogP contribution in [0.5, 0.6) is 0 Å². The monoisotopic (exact) mass is 427 g/mol. The third kappa shape index (κ3) is 4.25. The SMILES string of the molecule is O=C(Nc1nc2ccc(F)cc2s1)c1cccc(S(=O)(=O)Nc2ccccc2)c1. The molecule has 0 fully saturated rings. The van der Waals surface area contributed by atoms with Crippen LogP contribution >= 0.6 is 11.3 Å². The van der Waals surface area contributed by atoms with Crippen molar-refractivity contribution in [1.29, 1.82) is 0 Å². The molecule has 0 atom stereocenters. The van der Waals surface area contributed by atoms with Crippen LogP contribution in [0.1, 0.15) is 10.4 Å². The zero-order valence-corrected chi connectivity index (χ0v) is 16.4. The Morgan fingerprint density at radius 3 is 2.55 bits per heavy atom. The highest BCUT2D eigenvalue weighted by atomic mass is 32.2. The quantitative estimate of drug-likeness (QED) is 0.491. The lowest BCUT2D eigenvalue weighted by Gasteiger charge is -2.09. The van der Waals surface area contributed by atoms with E-state index in [-0.39, 0.29) is 16.3 Å². The Labute approximate surface area is 170 Å². The van der Waals surface area contributed by atoms with Crippen molar-refractivity contribution in [2.75, 3.05) is 10.0 Å². The van der Waals surface area contributed by atoms with Crippen molar-refractivity contribution in [3.05, 3.63) is 84.2 Å². The first-order chi connectivity index (χ1) is 13.9. The number of rotatable bonds is 5. The Hall–Kier alpha value is -3.30. The second-order valence-electron chi connectivity index (χ2n) is 6.08. The van der Waals surface area contributed by atoms with Crippen molar-refractivity contribution in [1.82, 2.24) is 4.98 Å². The van der Waals surface area contributed by atoms with Gasteiger partial charge >= 0.3 is 0 Å². The predicted octanol–water partition coefficient (Wildman–Crippen LogP) is 4.49. The van der Waals surface area contributed by atoms with Crippen molar-refractivity contribution in [3.63, 3.8) is 0 Å². The van der Waals surface area contributed by atoms with Crippen molar-refractivity contribution in [3.8, 4) is 0 Å². The molecule has 1 aromatic heterocycles. The first-order valence-electron chi connectivity index (χ1n) is 8.46. The van der Waals surface area contributed by atoms with E-state index in [1.54, 1.807) is 30.3 Å². The second-order valence-corrected chi connectivity index (χ2v) is 8.80. The molecule has 4 aromatic rings. The lowest BCUT2D eigenvalue weighted by molar-refractivity contribution is 0.102. The highest BCUT2D eigenvalue weighted by Gasteiger charge is 2.17. The van der Waals surface area contributed by atoms with E-state index in [1.807, 2.05) is 0 Å². The number of sulfonamides is 1. The van der Waals surface area contributed by atoms with E-state index in [4.69, 9.17) is 0 Å². The van der Waals surface area contributed by atoms with E-state index in [9.17, 15) is 17.6 Å². The number of nitrogens with zero attached hydrogens (tertiary/aromatic N) is 1. The van der Waals surface area contributed by atoms with Crippen LogP contribution in [0.2, 0.25) is 0 Å². The van der Waals surface area contributed by atoms with E-state index < -0.39 is 15.9 Å². The standard InChI is InChI=1S/C20H14FN3O3S2/c21-14-9-10-17-18(12-14)28-20(22-17)23-19(25)13-5-4-8-16(11-13)29(26,27)24-15-6-2-1-3-7-15/h1-12,24H,(H,22,23,25). The number of hydrogen-bond donors (Lipinski definition) is 2. The van der Waals surface area contributed by atoms with Gasteiger partial charge in [-0.1, -0.05) is 35.6 Å². The summed E-state index contributed by atoms with van der Waals surface area (Å²) in [5, 5.41) is 2.92. The normalized spacial score (nSPS) is 11.3. The van der Waals surface area contributed by atoms with Gasteiger partial charge in [0.25, 0.3) is 15.9 Å². The zero-order chi connectivity index (χ0) is 20.4. The van der Waals surface area contributed by atoms with E-state index in [0.717, 1.165) is 11.3 Å². The largest absolute Gasteiger partial charge is 0.298 e. The summed E-state index contributed by atoms with van der Waals surface area (Å²) in [7, 11) is -3.85. The van der Waals surface area contributed by atoms with Crippen LogP contribution in [-0.2, 0) is 10.0 Å². The predicted molar refractivity (Wildman–Crippen MR) is 111 cm³/mol. The van der Waals surface area contributed by atoms with Crippen molar-refractivity contribution in [2.45, 2.75) is 4.90 Å². The van der Waals surface area contributed by atoms with Crippen LogP contribution in [0.25, 0.3) is 10.2 Å². The topological polar surface area (TPSA) is 88.2 Å². The third-order valence-electron chi connectivity index (χ3n) is 4.00. The number of thiazole rings is 1. The van der Waals surface area contributed by atoms with Crippen LogP contribution in [0, 0.1) is 5.82 Å². The number of benzene rings is 3. The maximum absolute atomic E-state index is 13.3. The molecule has 1 heterocycles. The minimum absolute atomic E-state index is 0.0413. The number of aromatic nitrogens is 1. The maximum Gasteiger partial charge on any atom is 0.261 e. The number of halogens is 1. The molecule has 0 aliphatic heterocycles. The highest BCUT2D eigenvalue weighted by Crippen LogP contribution is 2.27. The number of anilines is 2. The molecule has 0 radical (unpaired) electrons. The van der Waals surface area contributed by atoms with E-state index in [0.29, 0.717) is 21.0 Å². The summed E-state index contributed by atoms with van der Waals surface area (Å²) in [6.07, 6.45) is 0. The van der Waals surface area contributed by atoms with E-state index in [2.05, 4.69) is 15.0 Å². The molecular formula is C20H14FN3O3S2. The molecule has 146 valence electrons. The van der Waals surface area contributed by atoms with Crippen LogP contribution in [0.15, 0.2) is 77.7 Å². The van der Waals surface area contributed by atoms with Crippen LogP contribution < -0.4 is 10.0 Å². The van der Waals surface area contributed by atoms with Gasteiger partial charge in [-0.15, -0.1) is 0 Å². The minimum Gasteiger partial charge on any atom is -0.298 e. The van der Waals surface area contributed by atoms with Gasteiger partial charge in [-0.05, 0) is 48.5 Å². The third-order valence-corrected chi connectivity index (χ3v) is 6.32. The summed E-state index contributed by atoms with van der Waals surface area (Å²) in [6, 6.07) is 18.3. The minimum atomic E-state index is -3.85. The molecule has 0 aliphatic rings. The highest BCUT2D eigenvalue weighted by molar-refractivity contribution is 7.92. The van der Waals surface area contributed by atoms with Gasteiger partial charge in [-0.3, -0.25) is 14.8 Å². The number of nitrogens with one attached hydrogen (secondary N) is 2. The van der Waals surface area contributed by atoms with Crippen LogP contribution in [0.4, 0.5) is 15.2 Å². The molecule has 0 aliphatic carbocycles. The number of fused-ring (bicyclic) bond motifs is 1. The van der Waals surface area contributed by atoms with E-state index >= 15 is 0 Å². The average Bonchev–Trinajstić information content (AvgIpc) is 3.10. The summed E-state index contributed by atoms with van der Waals surface area (Å²) in [5.74, 6) is -0.899. The molecule has 0 bridgehead atoms. The average molecular weight is 427 g/mol. The fourth-order valence-corrected chi connectivity index (χ4v) is 4.64. The second kappa shape index (κ2) is 7.61. The Morgan fingerprint density at radius 2 is 1.76 bits per heavy atom. The molecule has 9 heteroatoms. The number of amides is 1. The van der Waals surface area contributed by atoms with Gasteiger partial charge in [-0.25, -0.2) is 17.8 Å². The number of carbonyl (C=O) groups excluding carboxylic acids is 1. The smallest absolute Gasteiger partial charge is 0.261 e. The first-order valence-corrected chi connectivity index (χ1v) is 10.8. The molecule has 29 heavy (non-hydrogen) atoms. The maximum atomic E-state index is 13.3. The van der Waals surface area contributed by atoms with Gasteiger partial charge in [0.05, 0.1) is 15.1 Å². The summed E-state index contributed by atoms with van der Waals surface area (Å²) >= 11 is 1.13. The molecule has 6 nitrogen and oxygen atoms in total. The van der Waals surface area contributed by atoms with Gasteiger partial charge in [0.15, 0.2) is 5.13 Å². The molecule has 1 amide bonds. The summed E-state index contributed by atoms with van der Waals surface area (Å²) < 4.78 is 41.6. The van der Waals surface area contributed by atoms with Gasteiger partial charge in [0.2, 0.25) is 0 Å². The fourth-order valence-electron chi connectivity index (χ4n) is 2.65. The van der Waals surface area contributed by atoms with Gasteiger partial charge in [-0.2, -0.15) is 0 Å². The Kier molecular flexibility index (Phi) is 4.99. The Balaban J connectivity index is 1.56. The van der Waals surface area contributed by atoms with E-state index in [1.165, 1.54) is 42.5 Å². The zero-order valence-electron chi connectivity index (χ0n) is 14.8. The van der Waals surface area contributed by atoms with Crippen LogP contribution in [-0.4, -0.2) is 19.3 Å². The fraction of sp³-hybridized carbons (Fsp3) is 0. The summed E-state index contributed by atoms with van der Waals surface area (Å²) in [5.41, 5.74) is 1.14. The molecule has 0 spiro atoms. The molecular weight excluding hydrogens is 413 g/mol. The summed E-state index contributed by atoms with van der Waals surface area (Å²) in [6.45, 7) is 0. The van der Waals surface area contributed by atoms with Gasteiger partial charge in [0, 0.05) is 11.3 Å². The molecule has 0 saturated carbocycles. The number of para-hydroxylation sites is 1. The number of carbonyl (C=O) groups is 1. The van der Waals surface area contributed by atoms with Crippen molar-refractivity contribution < 1.29 is 17.6 Å². The van der Waals surface area contributed by atoms with Crippen LogP contribution in [0.3, 0.4) is 0 Å². The molecule has 4 rings (SSSR count). The first kappa shape index (κ1) is 19.0. The molecule has 2 N–H and O–H groups in total. The Morgan fingerprint density at radius 1 is 0.966 bits per heavy atom. The number of hydrogen-bond acceptors (Lipinski definition) is 5. The molecule has 3 aromatic carbocycles. The molecule has 0 unspecified atom stereocenters. The van der Waals surface area contributed by atoms with Gasteiger partial charge in [0.1, 0.15) is 5.82 Å². The van der Waals surface area contributed by atoms with Gasteiger partial charge < -0.3 is 0 Å².